The molecule has 1 N–H and O–H groups in total. The quantitative estimate of drug-likeness (QED) is 0.642. The van der Waals surface area contributed by atoms with Crippen LogP contribution in [0.1, 0.15) is 18.1 Å². The van der Waals surface area contributed by atoms with E-state index in [-0.39, 0.29) is 0 Å². The van der Waals surface area contributed by atoms with Crippen LogP contribution in [0.15, 0.2) is 53.6 Å². The summed E-state index contributed by atoms with van der Waals surface area (Å²) in [6.45, 7) is 2.43. The minimum atomic E-state index is -0.580. The van der Waals surface area contributed by atoms with Crippen LogP contribution >= 0.6 is 11.6 Å². The van der Waals surface area contributed by atoms with Gasteiger partial charge < -0.3 is 9.47 Å². The van der Waals surface area contributed by atoms with Crippen LogP contribution in [0.2, 0.25) is 5.02 Å². The summed E-state index contributed by atoms with van der Waals surface area (Å²) in [5, 5.41) is 4.47. The second kappa shape index (κ2) is 8.80. The molecular formula is C17H17ClN2O3. The van der Waals surface area contributed by atoms with Crippen molar-refractivity contribution in [3.63, 3.8) is 0 Å². The van der Waals surface area contributed by atoms with E-state index in [4.69, 9.17) is 16.3 Å². The van der Waals surface area contributed by atoms with Crippen molar-refractivity contribution in [3.05, 3.63) is 64.7 Å². The van der Waals surface area contributed by atoms with E-state index in [2.05, 4.69) is 15.3 Å². The fraction of sp³-hybridized carbons (Fsp3) is 0.176. The molecule has 0 fully saturated rings. The maximum atomic E-state index is 11.1. The van der Waals surface area contributed by atoms with Crippen molar-refractivity contribution < 1.29 is 14.3 Å². The first kappa shape index (κ1) is 16.8. The second-order valence-electron chi connectivity index (χ2n) is 4.54. The number of ether oxygens (including phenoxy) is 2. The fourth-order valence-electron chi connectivity index (χ4n) is 1.75. The number of nitrogens with zero attached hydrogens (tertiary/aromatic N) is 1. The van der Waals surface area contributed by atoms with Crippen molar-refractivity contribution >= 4 is 23.9 Å². The SMILES string of the molecule is CCOC(=O)NN=Cc1ccc(OCc2ccccc2Cl)cc1. The lowest BCUT2D eigenvalue weighted by Gasteiger charge is -2.07. The summed E-state index contributed by atoms with van der Waals surface area (Å²) < 4.78 is 10.4. The lowest BCUT2D eigenvalue weighted by Crippen LogP contribution is -2.18. The highest BCUT2D eigenvalue weighted by Gasteiger charge is 2.00. The molecule has 0 aliphatic carbocycles. The molecule has 0 spiro atoms. The Hall–Kier alpha value is -2.53. The van der Waals surface area contributed by atoms with Crippen molar-refractivity contribution in [2.45, 2.75) is 13.5 Å². The number of benzene rings is 2. The third-order valence-corrected chi connectivity index (χ3v) is 3.25. The molecule has 2 aromatic rings. The molecule has 23 heavy (non-hydrogen) atoms. The molecule has 0 aliphatic heterocycles. The van der Waals surface area contributed by atoms with Crippen molar-refractivity contribution in [2.75, 3.05) is 6.61 Å². The monoisotopic (exact) mass is 332 g/mol. The molecule has 0 bridgehead atoms. The summed E-state index contributed by atoms with van der Waals surface area (Å²) in [7, 11) is 0. The average molecular weight is 333 g/mol. The van der Waals surface area contributed by atoms with Crippen LogP contribution in [0.3, 0.4) is 0 Å². The van der Waals surface area contributed by atoms with Gasteiger partial charge in [0.25, 0.3) is 0 Å². The number of amides is 1. The van der Waals surface area contributed by atoms with Crippen LogP contribution in [0, 0.1) is 0 Å². The Morgan fingerprint density at radius 3 is 2.65 bits per heavy atom. The second-order valence-corrected chi connectivity index (χ2v) is 4.95. The summed E-state index contributed by atoms with van der Waals surface area (Å²) in [4.78, 5) is 11.1. The number of carbonyl (C=O) groups excluding carboxylic acids is 1. The Labute approximate surface area is 139 Å². The molecule has 0 heterocycles. The van der Waals surface area contributed by atoms with Crippen LogP contribution in [0.25, 0.3) is 0 Å². The highest BCUT2D eigenvalue weighted by molar-refractivity contribution is 6.31. The Morgan fingerprint density at radius 2 is 1.96 bits per heavy atom. The van der Waals surface area contributed by atoms with Crippen LogP contribution < -0.4 is 10.2 Å². The summed E-state index contributed by atoms with van der Waals surface area (Å²) in [5.74, 6) is 0.723. The Morgan fingerprint density at radius 1 is 1.22 bits per heavy atom. The molecule has 2 aromatic carbocycles. The van der Waals surface area contributed by atoms with Gasteiger partial charge >= 0.3 is 6.09 Å². The molecule has 6 heteroatoms. The van der Waals surface area contributed by atoms with Gasteiger partial charge in [0.05, 0.1) is 12.8 Å². The third-order valence-electron chi connectivity index (χ3n) is 2.88. The zero-order chi connectivity index (χ0) is 16.5. The van der Waals surface area contributed by atoms with Gasteiger partial charge in [-0.15, -0.1) is 0 Å². The molecular weight excluding hydrogens is 316 g/mol. The Balaban J connectivity index is 1.86. The van der Waals surface area contributed by atoms with Crippen LogP contribution in [-0.2, 0) is 11.3 Å². The molecule has 0 radical (unpaired) electrons. The number of hydrazone groups is 1. The normalized spacial score (nSPS) is 10.5. The molecule has 2 rings (SSSR count). The first-order valence-corrected chi connectivity index (χ1v) is 7.49. The van der Waals surface area contributed by atoms with Gasteiger partial charge in [0.15, 0.2) is 0 Å². The fourth-order valence-corrected chi connectivity index (χ4v) is 1.94. The van der Waals surface area contributed by atoms with Gasteiger partial charge in [-0.2, -0.15) is 5.10 Å². The largest absolute Gasteiger partial charge is 0.489 e. The molecule has 1 amide bonds. The van der Waals surface area contributed by atoms with Gasteiger partial charge in [-0.25, -0.2) is 10.2 Å². The van der Waals surface area contributed by atoms with E-state index in [1.165, 1.54) is 6.21 Å². The topological polar surface area (TPSA) is 59.9 Å². The first-order valence-electron chi connectivity index (χ1n) is 7.11. The lowest BCUT2D eigenvalue weighted by atomic mass is 10.2. The van der Waals surface area contributed by atoms with E-state index in [9.17, 15) is 4.79 Å². The third kappa shape index (κ3) is 5.64. The van der Waals surface area contributed by atoms with Crippen LogP contribution in [-0.4, -0.2) is 18.9 Å². The maximum absolute atomic E-state index is 11.1. The Bertz CT molecular complexity index is 672. The number of hydrogen-bond donors (Lipinski definition) is 1. The molecule has 0 aliphatic rings. The summed E-state index contributed by atoms with van der Waals surface area (Å²) in [5.41, 5.74) is 4.02. The minimum absolute atomic E-state index is 0.304. The zero-order valence-electron chi connectivity index (χ0n) is 12.7. The molecule has 0 saturated carbocycles. The maximum Gasteiger partial charge on any atom is 0.427 e. The van der Waals surface area contributed by atoms with Gasteiger partial charge in [0.1, 0.15) is 12.4 Å². The van der Waals surface area contributed by atoms with Crippen LogP contribution in [0.5, 0.6) is 5.75 Å². The average Bonchev–Trinajstić information content (AvgIpc) is 2.56. The predicted molar refractivity (Wildman–Crippen MR) is 90.0 cm³/mol. The molecule has 120 valence electrons. The van der Waals surface area contributed by atoms with Gasteiger partial charge in [-0.05, 0) is 42.8 Å². The number of hydrogen-bond acceptors (Lipinski definition) is 4. The van der Waals surface area contributed by atoms with Gasteiger partial charge in [-0.3, -0.25) is 0 Å². The van der Waals surface area contributed by atoms with Crippen molar-refractivity contribution in [1.82, 2.24) is 5.43 Å². The van der Waals surface area contributed by atoms with E-state index in [1.54, 1.807) is 6.92 Å². The smallest absolute Gasteiger partial charge is 0.427 e. The molecule has 0 saturated heterocycles. The minimum Gasteiger partial charge on any atom is -0.489 e. The van der Waals surface area contributed by atoms with Crippen molar-refractivity contribution in [3.8, 4) is 5.75 Å². The molecule has 0 aromatic heterocycles. The number of nitrogens with one attached hydrogen (secondary N) is 1. The number of rotatable bonds is 6. The summed E-state index contributed by atoms with van der Waals surface area (Å²) in [6.07, 6.45) is 0.942. The van der Waals surface area contributed by atoms with Gasteiger partial charge in [0.2, 0.25) is 0 Å². The van der Waals surface area contributed by atoms with E-state index < -0.39 is 6.09 Å². The van der Waals surface area contributed by atoms with E-state index in [1.807, 2.05) is 48.5 Å². The predicted octanol–water partition coefficient (Wildman–Crippen LogP) is 4.00. The van der Waals surface area contributed by atoms with Crippen LogP contribution in [0.4, 0.5) is 4.79 Å². The number of carbonyl (C=O) groups is 1. The standard InChI is InChI=1S/C17H17ClN2O3/c1-2-22-17(21)20-19-11-13-7-9-15(10-8-13)23-12-14-5-3-4-6-16(14)18/h3-11H,2,12H2,1H3,(H,20,21). The van der Waals surface area contributed by atoms with Gasteiger partial charge in [0, 0.05) is 10.6 Å². The highest BCUT2D eigenvalue weighted by Crippen LogP contribution is 2.18. The van der Waals surface area contributed by atoms with E-state index >= 15 is 0 Å². The molecule has 0 atom stereocenters. The van der Waals surface area contributed by atoms with E-state index in [0.29, 0.717) is 18.2 Å². The summed E-state index contributed by atoms with van der Waals surface area (Å²) >= 11 is 6.08. The molecule has 5 nitrogen and oxygen atoms in total. The van der Waals surface area contributed by atoms with Crippen molar-refractivity contribution in [2.24, 2.45) is 5.10 Å². The lowest BCUT2D eigenvalue weighted by molar-refractivity contribution is 0.152. The van der Waals surface area contributed by atoms with Crippen molar-refractivity contribution in [1.29, 1.82) is 0 Å². The Kier molecular flexibility index (Phi) is 6.44. The first-order chi connectivity index (χ1) is 11.2. The van der Waals surface area contributed by atoms with E-state index in [0.717, 1.165) is 16.9 Å². The molecule has 0 unspecified atom stereocenters. The van der Waals surface area contributed by atoms with Gasteiger partial charge in [-0.1, -0.05) is 29.8 Å². The highest BCUT2D eigenvalue weighted by atomic mass is 35.5. The number of halogens is 1. The summed E-state index contributed by atoms with van der Waals surface area (Å²) in [6, 6.07) is 14.9. The zero-order valence-corrected chi connectivity index (χ0v) is 13.4.